The van der Waals surface area contributed by atoms with Gasteiger partial charge in [0.05, 0.1) is 10.8 Å². The van der Waals surface area contributed by atoms with Crippen LogP contribution >= 0.6 is 0 Å². The van der Waals surface area contributed by atoms with Gasteiger partial charge < -0.3 is 14.5 Å². The maximum absolute atomic E-state index is 12.4. The summed E-state index contributed by atoms with van der Waals surface area (Å²) in [6, 6.07) is 6.69. The Hall–Kier alpha value is -2.64. The number of nitrogens with zero attached hydrogens (tertiary/aromatic N) is 3. The Labute approximate surface area is 165 Å². The fraction of sp³-hybridized carbons (Fsp3) is 0.600. The van der Waals surface area contributed by atoms with E-state index in [1.807, 2.05) is 32.6 Å². The van der Waals surface area contributed by atoms with Crippen molar-refractivity contribution in [2.75, 3.05) is 24.6 Å². The number of carbonyl (C=O) groups is 2. The van der Waals surface area contributed by atoms with E-state index in [1.54, 1.807) is 23.1 Å². The highest BCUT2D eigenvalue weighted by atomic mass is 16.6. The molecule has 0 unspecified atom stereocenters. The number of rotatable bonds is 7. The van der Waals surface area contributed by atoms with Gasteiger partial charge in [-0.1, -0.05) is 12.1 Å². The highest BCUT2D eigenvalue weighted by Crippen LogP contribution is 2.31. The third-order valence-corrected chi connectivity index (χ3v) is 4.99. The van der Waals surface area contributed by atoms with Gasteiger partial charge in [0.1, 0.15) is 5.69 Å². The summed E-state index contributed by atoms with van der Waals surface area (Å²) >= 11 is 0. The number of nitro groups is 1. The largest absolute Gasteiger partial charge is 0.455 e. The molecule has 1 heterocycles. The van der Waals surface area contributed by atoms with Crippen molar-refractivity contribution in [1.29, 1.82) is 0 Å². The standard InChI is InChI=1S/C20H29N3O5/c1-14(2)22(15(3)4)19(24)13-28-20(25)16-9-11-21(12-10-16)17-7-5-6-8-18(17)23(26)27/h5-8,14-16H,9-13H2,1-4H3. The van der Waals surface area contributed by atoms with Crippen LogP contribution < -0.4 is 4.90 Å². The van der Waals surface area contributed by atoms with Crippen LogP contribution in [0.4, 0.5) is 11.4 Å². The summed E-state index contributed by atoms with van der Waals surface area (Å²) in [4.78, 5) is 39.1. The molecule has 0 N–H and O–H groups in total. The van der Waals surface area contributed by atoms with Gasteiger partial charge in [0.15, 0.2) is 6.61 Å². The Morgan fingerprint density at radius 3 is 2.29 bits per heavy atom. The lowest BCUT2D eigenvalue weighted by Crippen LogP contribution is -2.44. The fourth-order valence-electron chi connectivity index (χ4n) is 3.74. The topological polar surface area (TPSA) is 93.0 Å². The van der Waals surface area contributed by atoms with Crippen LogP contribution in [0, 0.1) is 16.0 Å². The van der Waals surface area contributed by atoms with Crippen LogP contribution in [0.2, 0.25) is 0 Å². The van der Waals surface area contributed by atoms with Crippen LogP contribution in [0.5, 0.6) is 0 Å². The molecule has 1 aromatic carbocycles. The van der Waals surface area contributed by atoms with Gasteiger partial charge in [-0.05, 0) is 46.6 Å². The molecular formula is C20H29N3O5. The maximum Gasteiger partial charge on any atom is 0.309 e. The van der Waals surface area contributed by atoms with Gasteiger partial charge in [0.25, 0.3) is 11.6 Å². The zero-order valence-electron chi connectivity index (χ0n) is 17.0. The Morgan fingerprint density at radius 2 is 1.75 bits per heavy atom. The number of para-hydroxylation sites is 2. The first kappa shape index (κ1) is 21.7. The van der Waals surface area contributed by atoms with Gasteiger partial charge in [-0.15, -0.1) is 0 Å². The molecule has 1 saturated heterocycles. The molecule has 0 atom stereocenters. The smallest absolute Gasteiger partial charge is 0.309 e. The molecule has 154 valence electrons. The molecule has 28 heavy (non-hydrogen) atoms. The summed E-state index contributed by atoms with van der Waals surface area (Å²) in [6.45, 7) is 8.53. The third-order valence-electron chi connectivity index (χ3n) is 4.99. The molecule has 0 saturated carbocycles. The van der Waals surface area contributed by atoms with Crippen LogP contribution in [-0.2, 0) is 14.3 Å². The molecular weight excluding hydrogens is 362 g/mol. The van der Waals surface area contributed by atoms with Gasteiger partial charge in [0, 0.05) is 31.2 Å². The minimum Gasteiger partial charge on any atom is -0.455 e. The number of hydrogen-bond acceptors (Lipinski definition) is 6. The van der Waals surface area contributed by atoms with Gasteiger partial charge in [-0.2, -0.15) is 0 Å². The van der Waals surface area contributed by atoms with Crippen molar-refractivity contribution in [3.05, 3.63) is 34.4 Å². The van der Waals surface area contributed by atoms with Crippen molar-refractivity contribution in [3.8, 4) is 0 Å². The number of ether oxygens (including phenoxy) is 1. The molecule has 0 aromatic heterocycles. The first-order chi connectivity index (χ1) is 13.2. The zero-order chi connectivity index (χ0) is 20.8. The summed E-state index contributed by atoms with van der Waals surface area (Å²) in [5, 5.41) is 11.2. The van der Waals surface area contributed by atoms with Gasteiger partial charge in [-0.3, -0.25) is 19.7 Å². The Bertz CT molecular complexity index is 704. The van der Waals surface area contributed by atoms with E-state index in [2.05, 4.69) is 0 Å². The average molecular weight is 391 g/mol. The predicted octanol–water partition coefficient (Wildman–Crippen LogP) is 3.00. The number of hydrogen-bond donors (Lipinski definition) is 0. The van der Waals surface area contributed by atoms with Crippen molar-refractivity contribution in [2.24, 2.45) is 5.92 Å². The number of carbonyl (C=O) groups excluding carboxylic acids is 2. The summed E-state index contributed by atoms with van der Waals surface area (Å²) in [7, 11) is 0. The molecule has 8 nitrogen and oxygen atoms in total. The van der Waals surface area contributed by atoms with Gasteiger partial charge in [-0.25, -0.2) is 0 Å². The highest BCUT2D eigenvalue weighted by Gasteiger charge is 2.30. The number of nitro benzene ring substituents is 1. The molecule has 1 aliphatic heterocycles. The van der Waals surface area contributed by atoms with E-state index >= 15 is 0 Å². The van der Waals surface area contributed by atoms with E-state index in [9.17, 15) is 19.7 Å². The fourth-order valence-corrected chi connectivity index (χ4v) is 3.74. The molecule has 1 fully saturated rings. The summed E-state index contributed by atoms with van der Waals surface area (Å²) < 4.78 is 5.27. The molecule has 1 aliphatic rings. The van der Waals surface area contributed by atoms with Crippen LogP contribution in [0.25, 0.3) is 0 Å². The second-order valence-electron chi connectivity index (χ2n) is 7.60. The lowest BCUT2D eigenvalue weighted by atomic mass is 9.96. The first-order valence-electron chi connectivity index (χ1n) is 9.68. The van der Waals surface area contributed by atoms with Gasteiger partial charge >= 0.3 is 5.97 Å². The molecule has 1 aromatic rings. The summed E-state index contributed by atoms with van der Waals surface area (Å²) in [5.74, 6) is -0.864. The highest BCUT2D eigenvalue weighted by molar-refractivity contribution is 5.82. The molecule has 2 rings (SSSR count). The monoisotopic (exact) mass is 391 g/mol. The summed E-state index contributed by atoms with van der Waals surface area (Å²) in [6.07, 6.45) is 1.08. The predicted molar refractivity (Wildman–Crippen MR) is 106 cm³/mol. The summed E-state index contributed by atoms with van der Waals surface area (Å²) in [5.41, 5.74) is 0.635. The second-order valence-corrected chi connectivity index (χ2v) is 7.60. The molecule has 0 bridgehead atoms. The lowest BCUT2D eigenvalue weighted by Gasteiger charge is -2.33. The number of anilines is 1. The molecule has 0 aliphatic carbocycles. The van der Waals surface area contributed by atoms with Crippen LogP contribution in [0.1, 0.15) is 40.5 Å². The number of piperidine rings is 1. The van der Waals surface area contributed by atoms with E-state index in [1.165, 1.54) is 6.07 Å². The normalized spacial score (nSPS) is 15.0. The third kappa shape index (κ3) is 5.21. The minimum atomic E-state index is -0.392. The van der Waals surface area contributed by atoms with Crippen LogP contribution in [0.15, 0.2) is 24.3 Å². The van der Waals surface area contributed by atoms with Crippen LogP contribution in [-0.4, -0.2) is 53.5 Å². The Morgan fingerprint density at radius 1 is 1.18 bits per heavy atom. The van der Waals surface area contributed by atoms with Crippen molar-refractivity contribution in [2.45, 2.75) is 52.6 Å². The van der Waals surface area contributed by atoms with Crippen molar-refractivity contribution >= 4 is 23.3 Å². The number of benzene rings is 1. The Kier molecular flexibility index (Phi) is 7.37. The number of esters is 1. The quantitative estimate of drug-likeness (QED) is 0.403. The van der Waals surface area contributed by atoms with Crippen molar-refractivity contribution < 1.29 is 19.2 Å². The molecule has 1 amide bonds. The van der Waals surface area contributed by atoms with E-state index in [-0.39, 0.29) is 42.2 Å². The van der Waals surface area contributed by atoms with Gasteiger partial charge in [0.2, 0.25) is 0 Å². The van der Waals surface area contributed by atoms with E-state index in [0.29, 0.717) is 31.6 Å². The maximum atomic E-state index is 12.4. The minimum absolute atomic E-state index is 0.0381. The first-order valence-corrected chi connectivity index (χ1v) is 9.68. The molecule has 0 radical (unpaired) electrons. The van der Waals surface area contributed by atoms with E-state index in [0.717, 1.165) is 0 Å². The molecule has 0 spiro atoms. The second kappa shape index (κ2) is 9.52. The lowest BCUT2D eigenvalue weighted by molar-refractivity contribution is -0.384. The average Bonchev–Trinajstić information content (AvgIpc) is 2.65. The number of amides is 1. The van der Waals surface area contributed by atoms with E-state index < -0.39 is 4.92 Å². The zero-order valence-corrected chi connectivity index (χ0v) is 17.0. The molecule has 8 heteroatoms. The Balaban J connectivity index is 1.89. The van der Waals surface area contributed by atoms with E-state index in [4.69, 9.17) is 4.74 Å². The van der Waals surface area contributed by atoms with Crippen molar-refractivity contribution in [3.63, 3.8) is 0 Å². The van der Waals surface area contributed by atoms with Crippen molar-refractivity contribution in [1.82, 2.24) is 4.90 Å². The SMILES string of the molecule is CC(C)N(C(=O)COC(=O)C1CCN(c2ccccc2[N+](=O)[O-])CC1)C(C)C. The van der Waals surface area contributed by atoms with Crippen LogP contribution in [0.3, 0.4) is 0 Å².